The second-order valence-corrected chi connectivity index (χ2v) is 7.49. The summed E-state index contributed by atoms with van der Waals surface area (Å²) in [6.07, 6.45) is 0. The maximum absolute atomic E-state index is 9.45. The zero-order valence-corrected chi connectivity index (χ0v) is 13.7. The van der Waals surface area contributed by atoms with Crippen LogP contribution in [0.1, 0.15) is 20.8 Å². The molecular weight excluding hydrogens is 333 g/mol. The van der Waals surface area contributed by atoms with Crippen LogP contribution in [0, 0.1) is 0 Å². The van der Waals surface area contributed by atoms with Crippen LogP contribution in [0.3, 0.4) is 0 Å². The molecule has 1 aliphatic heterocycles. The van der Waals surface area contributed by atoms with Gasteiger partial charge in [0.05, 0.1) is 6.61 Å². The molecule has 0 saturated carbocycles. The quantitative estimate of drug-likeness (QED) is 0.440. The molecule has 0 spiro atoms. The molecule has 2 rings (SSSR count). The molecule has 1 atom stereocenters. The second-order valence-electron chi connectivity index (χ2n) is 3.80. The summed E-state index contributed by atoms with van der Waals surface area (Å²) in [4.78, 5) is 1.59. The average Bonchev–Trinajstić information content (AvgIpc) is 2.63. The summed E-state index contributed by atoms with van der Waals surface area (Å²) in [5.74, 6) is 0. The zero-order valence-electron chi connectivity index (χ0n) is 11.2. The molecule has 5 nitrogen and oxygen atoms in total. The first-order valence-corrected chi connectivity index (χ1v) is 9.01. The molecule has 0 bridgehead atoms. The van der Waals surface area contributed by atoms with Gasteiger partial charge in [-0.05, 0) is 6.92 Å². The van der Waals surface area contributed by atoms with Crippen molar-refractivity contribution < 1.29 is 22.1 Å². The molecule has 7 heteroatoms. The molecule has 107 valence electrons. The Morgan fingerprint density at radius 1 is 1.32 bits per heavy atom. The minimum absolute atomic E-state index is 0.0914. The molecule has 19 heavy (non-hydrogen) atoms. The van der Waals surface area contributed by atoms with Crippen LogP contribution in [0.25, 0.3) is 0 Å². The SMILES string of the molecule is CCOS(=O)(=O)[O-].CC[NH+]1C(C)=[Se]c2ccccc21. The number of hydrogen-bond acceptors (Lipinski definition) is 4. The fraction of sp³-hybridized carbons (Fsp3) is 0.417. The molecule has 1 aromatic rings. The summed E-state index contributed by atoms with van der Waals surface area (Å²) in [6, 6.07) is 8.81. The number of hydrogen-bond donors (Lipinski definition) is 1. The number of para-hydroxylation sites is 1. The van der Waals surface area contributed by atoms with E-state index in [0.29, 0.717) is 14.5 Å². The van der Waals surface area contributed by atoms with Gasteiger partial charge < -0.3 is 4.55 Å². The van der Waals surface area contributed by atoms with Gasteiger partial charge in [0, 0.05) is 0 Å². The Hall–Kier alpha value is -0.561. The van der Waals surface area contributed by atoms with Crippen molar-refractivity contribution in [1.82, 2.24) is 0 Å². The first kappa shape index (κ1) is 16.5. The van der Waals surface area contributed by atoms with E-state index in [-0.39, 0.29) is 6.61 Å². The summed E-state index contributed by atoms with van der Waals surface area (Å²) >= 11 is 0.613. The van der Waals surface area contributed by atoms with Crippen molar-refractivity contribution in [2.45, 2.75) is 20.8 Å². The number of quaternary nitrogens is 1. The van der Waals surface area contributed by atoms with Gasteiger partial charge >= 0.3 is 78.8 Å². The van der Waals surface area contributed by atoms with E-state index in [4.69, 9.17) is 0 Å². The van der Waals surface area contributed by atoms with Crippen LogP contribution in [0.15, 0.2) is 24.3 Å². The van der Waals surface area contributed by atoms with Crippen molar-refractivity contribution in [2.24, 2.45) is 0 Å². The normalized spacial score (nSPS) is 17.3. The van der Waals surface area contributed by atoms with Crippen LogP contribution in [0.2, 0.25) is 0 Å². The third-order valence-electron chi connectivity index (χ3n) is 2.52. The Kier molecular flexibility index (Phi) is 6.32. The first-order valence-electron chi connectivity index (χ1n) is 5.96. The van der Waals surface area contributed by atoms with Gasteiger partial charge in [0.25, 0.3) is 0 Å². The Balaban J connectivity index is 0.000000224. The molecule has 0 aliphatic carbocycles. The number of benzene rings is 1. The molecule has 1 aromatic carbocycles. The average molecular weight is 351 g/mol. The van der Waals surface area contributed by atoms with E-state index < -0.39 is 10.4 Å². The topological polar surface area (TPSA) is 70.9 Å². The van der Waals surface area contributed by atoms with Crippen molar-refractivity contribution in [1.29, 1.82) is 0 Å². The van der Waals surface area contributed by atoms with Crippen LogP contribution in [0.4, 0.5) is 5.69 Å². The summed E-state index contributed by atoms with van der Waals surface area (Å²) in [5, 5.41) is 0. The Labute approximate surface area is 120 Å². The van der Waals surface area contributed by atoms with E-state index >= 15 is 0 Å². The van der Waals surface area contributed by atoms with E-state index in [9.17, 15) is 13.0 Å². The predicted molar refractivity (Wildman–Crippen MR) is 75.0 cm³/mol. The van der Waals surface area contributed by atoms with Crippen LogP contribution < -0.4 is 9.36 Å². The zero-order chi connectivity index (χ0) is 14.5. The molecular formula is C12H18NO4SSe. The van der Waals surface area contributed by atoms with Crippen LogP contribution in [0.5, 0.6) is 0 Å². The third kappa shape index (κ3) is 5.14. The second kappa shape index (κ2) is 7.28. The molecule has 0 saturated heterocycles. The summed E-state index contributed by atoms with van der Waals surface area (Å²) < 4.78 is 35.2. The van der Waals surface area contributed by atoms with Gasteiger partial charge in [0.1, 0.15) is 0 Å². The summed E-state index contributed by atoms with van der Waals surface area (Å²) in [7, 11) is -4.42. The maximum atomic E-state index is 9.45. The van der Waals surface area contributed by atoms with Gasteiger partial charge in [-0.2, -0.15) is 0 Å². The van der Waals surface area contributed by atoms with Crippen molar-refractivity contribution in [3.63, 3.8) is 0 Å². The third-order valence-corrected chi connectivity index (χ3v) is 5.41. The van der Waals surface area contributed by atoms with Crippen molar-refractivity contribution in [3.8, 4) is 0 Å². The van der Waals surface area contributed by atoms with Crippen molar-refractivity contribution in [2.75, 3.05) is 13.2 Å². The Morgan fingerprint density at radius 2 is 1.95 bits per heavy atom. The van der Waals surface area contributed by atoms with Crippen LogP contribution >= 0.6 is 0 Å². The Bertz CT molecular complexity index is 557. The molecule has 0 fully saturated rings. The van der Waals surface area contributed by atoms with E-state index in [2.05, 4.69) is 42.3 Å². The standard InChI is InChI=1S/C10H12NSe.C2H6O4S/c1-3-11-8(2)12-10-7-5-4-6-9(10)11;1-2-6-7(3,4)5/h4-7H,3H2,1-2H3;2H2,1H3,(H,3,4,5). The van der Waals surface area contributed by atoms with Gasteiger partial charge in [-0.15, -0.1) is 0 Å². The molecule has 0 amide bonds. The number of rotatable bonds is 3. The van der Waals surface area contributed by atoms with Gasteiger partial charge in [-0.3, -0.25) is 4.18 Å². The van der Waals surface area contributed by atoms with E-state index in [0.717, 1.165) is 0 Å². The molecule has 0 aromatic heterocycles. The van der Waals surface area contributed by atoms with Gasteiger partial charge in [0.15, 0.2) is 0 Å². The van der Waals surface area contributed by atoms with E-state index in [1.165, 1.54) is 19.2 Å². The molecule has 1 aliphatic rings. The van der Waals surface area contributed by atoms with Crippen molar-refractivity contribution >= 4 is 39.6 Å². The van der Waals surface area contributed by atoms with E-state index in [1.807, 2.05) is 0 Å². The molecule has 1 N–H and O–H groups in total. The number of nitrogens with one attached hydrogen (secondary N) is 1. The van der Waals surface area contributed by atoms with E-state index in [1.54, 1.807) is 13.9 Å². The minimum atomic E-state index is -4.42. The van der Waals surface area contributed by atoms with Gasteiger partial charge in [-0.1, -0.05) is 0 Å². The van der Waals surface area contributed by atoms with Crippen LogP contribution in [-0.2, 0) is 14.6 Å². The molecule has 1 radical (unpaired) electrons. The van der Waals surface area contributed by atoms with Gasteiger partial charge in [0.2, 0.25) is 10.4 Å². The van der Waals surface area contributed by atoms with Crippen molar-refractivity contribution in [3.05, 3.63) is 24.3 Å². The summed E-state index contributed by atoms with van der Waals surface area (Å²) in [5.41, 5.74) is 1.51. The molecule has 1 unspecified atom stereocenters. The Morgan fingerprint density at radius 3 is 2.42 bits per heavy atom. The monoisotopic (exact) mass is 352 g/mol. The summed E-state index contributed by atoms with van der Waals surface area (Å²) in [6.45, 7) is 7.04. The van der Waals surface area contributed by atoms with Crippen LogP contribution in [-0.4, -0.2) is 45.2 Å². The van der Waals surface area contributed by atoms with Gasteiger partial charge in [-0.25, -0.2) is 8.42 Å². The molecule has 1 heterocycles. The fourth-order valence-electron chi connectivity index (χ4n) is 1.80. The number of fused-ring (bicyclic) bond motifs is 1. The first-order chi connectivity index (χ1) is 8.89. The predicted octanol–water partition coefficient (Wildman–Crippen LogP) is -0.801. The fourth-order valence-corrected chi connectivity index (χ4v) is 4.52.